The van der Waals surface area contributed by atoms with Gasteiger partial charge in [0.25, 0.3) is 0 Å². The molecule has 1 atom stereocenters. The first kappa shape index (κ1) is 17.4. The molecule has 0 aliphatic rings. The zero-order chi connectivity index (χ0) is 17.8. The summed E-state index contributed by atoms with van der Waals surface area (Å²) in [5, 5.41) is 14.0. The minimum Gasteiger partial charge on any atom is -0.491 e. The highest BCUT2D eigenvalue weighted by Crippen LogP contribution is 2.17. The molecule has 1 aromatic heterocycles. The number of aliphatic hydroxyl groups is 1. The van der Waals surface area contributed by atoms with Crippen LogP contribution < -0.4 is 10.5 Å². The van der Waals surface area contributed by atoms with Crippen molar-refractivity contribution in [1.29, 1.82) is 0 Å². The van der Waals surface area contributed by atoms with E-state index in [1.54, 1.807) is 12.1 Å². The van der Waals surface area contributed by atoms with Gasteiger partial charge >= 0.3 is 5.76 Å². The summed E-state index contributed by atoms with van der Waals surface area (Å²) in [5.74, 6) is -0.444. The van der Waals surface area contributed by atoms with Crippen LogP contribution in [0.15, 0.2) is 62.2 Å². The minimum atomic E-state index is -0.951. The van der Waals surface area contributed by atoms with Crippen LogP contribution >= 0.6 is 15.9 Å². The molecule has 130 valence electrons. The van der Waals surface area contributed by atoms with Crippen LogP contribution in [0.1, 0.15) is 0 Å². The van der Waals surface area contributed by atoms with Gasteiger partial charge in [-0.05, 0) is 48.5 Å². The number of aromatic nitrogens is 2. The first-order valence-corrected chi connectivity index (χ1v) is 8.21. The Kier molecular flexibility index (Phi) is 5.30. The van der Waals surface area contributed by atoms with Gasteiger partial charge in [0.15, 0.2) is 0 Å². The van der Waals surface area contributed by atoms with Crippen LogP contribution in [-0.2, 0) is 6.54 Å². The number of benzene rings is 2. The Morgan fingerprint density at radius 3 is 2.56 bits per heavy atom. The van der Waals surface area contributed by atoms with Gasteiger partial charge in [-0.15, -0.1) is 5.10 Å². The number of halogens is 2. The van der Waals surface area contributed by atoms with Crippen molar-refractivity contribution < 1.29 is 18.7 Å². The van der Waals surface area contributed by atoms with Gasteiger partial charge in [-0.1, -0.05) is 15.9 Å². The average molecular weight is 409 g/mol. The van der Waals surface area contributed by atoms with E-state index >= 15 is 0 Å². The fourth-order valence-corrected chi connectivity index (χ4v) is 2.37. The summed E-state index contributed by atoms with van der Waals surface area (Å²) in [5.41, 5.74) is 0.470. The largest absolute Gasteiger partial charge is 0.491 e. The summed E-state index contributed by atoms with van der Waals surface area (Å²) in [4.78, 5) is 11.8. The van der Waals surface area contributed by atoms with Gasteiger partial charge in [0.1, 0.15) is 24.3 Å². The zero-order valence-corrected chi connectivity index (χ0v) is 14.5. The number of nitrogens with zero attached hydrogens (tertiary/aromatic N) is 2. The first-order chi connectivity index (χ1) is 12.0. The van der Waals surface area contributed by atoms with Gasteiger partial charge in [0.05, 0.1) is 6.54 Å². The maximum absolute atomic E-state index is 12.9. The van der Waals surface area contributed by atoms with Gasteiger partial charge in [-0.3, -0.25) is 0 Å². The maximum Gasteiger partial charge on any atom is 0.437 e. The van der Waals surface area contributed by atoms with E-state index < -0.39 is 17.7 Å². The van der Waals surface area contributed by atoms with Gasteiger partial charge in [0, 0.05) is 10.0 Å². The Morgan fingerprint density at radius 1 is 1.20 bits per heavy atom. The molecule has 0 unspecified atom stereocenters. The number of ether oxygens (including phenoxy) is 1. The summed E-state index contributed by atoms with van der Waals surface area (Å²) in [7, 11) is 0. The lowest BCUT2D eigenvalue weighted by Gasteiger charge is -2.11. The smallest absolute Gasteiger partial charge is 0.437 e. The van der Waals surface area contributed by atoms with Crippen molar-refractivity contribution in [3.8, 4) is 17.2 Å². The molecule has 0 bridgehead atoms. The second kappa shape index (κ2) is 7.62. The molecule has 0 saturated carbocycles. The van der Waals surface area contributed by atoms with E-state index in [2.05, 4.69) is 21.0 Å². The molecule has 0 aliphatic heterocycles. The fraction of sp³-hybridized carbons (Fsp3) is 0.176. The van der Waals surface area contributed by atoms with Crippen molar-refractivity contribution >= 4 is 15.9 Å². The van der Waals surface area contributed by atoms with Crippen LogP contribution in [0.4, 0.5) is 4.39 Å². The summed E-state index contributed by atoms with van der Waals surface area (Å²) in [6.07, 6.45) is -0.951. The number of hydrogen-bond donors (Lipinski definition) is 1. The third-order valence-corrected chi connectivity index (χ3v) is 3.87. The highest BCUT2D eigenvalue weighted by atomic mass is 79.9. The molecule has 0 aliphatic carbocycles. The monoisotopic (exact) mass is 408 g/mol. The van der Waals surface area contributed by atoms with Crippen LogP contribution in [0.25, 0.3) is 11.5 Å². The first-order valence-electron chi connectivity index (χ1n) is 7.41. The van der Waals surface area contributed by atoms with Crippen LogP contribution in [-0.4, -0.2) is 27.6 Å². The topological polar surface area (TPSA) is 77.5 Å². The molecule has 0 fully saturated rings. The highest BCUT2D eigenvalue weighted by Gasteiger charge is 2.14. The Balaban J connectivity index is 1.63. The quantitative estimate of drug-likeness (QED) is 0.678. The van der Waals surface area contributed by atoms with Crippen molar-refractivity contribution in [2.75, 3.05) is 6.61 Å². The molecule has 0 saturated heterocycles. The molecule has 6 nitrogen and oxygen atoms in total. The maximum atomic E-state index is 12.9. The van der Waals surface area contributed by atoms with Crippen LogP contribution in [0, 0.1) is 5.82 Å². The summed E-state index contributed by atoms with van der Waals surface area (Å²) >= 11 is 3.32. The van der Waals surface area contributed by atoms with Gasteiger partial charge < -0.3 is 14.3 Å². The van der Waals surface area contributed by atoms with Crippen molar-refractivity contribution in [3.05, 3.63) is 69.4 Å². The molecule has 0 spiro atoms. The van der Waals surface area contributed by atoms with Gasteiger partial charge in [-0.2, -0.15) is 4.68 Å². The Labute approximate surface area is 150 Å². The van der Waals surface area contributed by atoms with Crippen LogP contribution in [0.5, 0.6) is 5.75 Å². The molecule has 3 rings (SSSR count). The van der Waals surface area contributed by atoms with E-state index in [-0.39, 0.29) is 19.0 Å². The van der Waals surface area contributed by atoms with Crippen LogP contribution in [0.2, 0.25) is 0 Å². The normalized spacial score (nSPS) is 12.1. The molecule has 25 heavy (non-hydrogen) atoms. The molecule has 0 radical (unpaired) electrons. The predicted octanol–water partition coefficient (Wildman–Crippen LogP) is 2.84. The van der Waals surface area contributed by atoms with E-state index in [4.69, 9.17) is 9.15 Å². The molecular formula is C17H14BrFN2O4. The van der Waals surface area contributed by atoms with Gasteiger partial charge in [-0.25, -0.2) is 9.18 Å². The molecule has 8 heteroatoms. The molecule has 2 aromatic carbocycles. The van der Waals surface area contributed by atoms with Crippen molar-refractivity contribution in [3.63, 3.8) is 0 Å². The van der Waals surface area contributed by atoms with Crippen molar-refractivity contribution in [2.24, 2.45) is 0 Å². The summed E-state index contributed by atoms with van der Waals surface area (Å²) in [6.45, 7) is -0.0904. The molecule has 3 aromatic rings. The van der Waals surface area contributed by atoms with Crippen molar-refractivity contribution in [2.45, 2.75) is 12.6 Å². The third kappa shape index (κ3) is 4.55. The molecule has 0 amide bonds. The lowest BCUT2D eigenvalue weighted by atomic mass is 10.2. The second-order valence-corrected chi connectivity index (χ2v) is 6.20. The summed E-state index contributed by atoms with van der Waals surface area (Å²) in [6, 6.07) is 12.6. The van der Waals surface area contributed by atoms with E-state index in [0.717, 1.165) is 9.15 Å². The zero-order valence-electron chi connectivity index (χ0n) is 12.9. The van der Waals surface area contributed by atoms with Crippen LogP contribution in [0.3, 0.4) is 0 Å². The number of rotatable bonds is 6. The lowest BCUT2D eigenvalue weighted by Crippen LogP contribution is -2.29. The van der Waals surface area contributed by atoms with E-state index in [1.807, 2.05) is 12.1 Å². The SMILES string of the molecule is O=c1oc(-c2ccc(F)cc2)nn1C[C@H](O)COc1ccc(Br)cc1. The Morgan fingerprint density at radius 2 is 1.88 bits per heavy atom. The van der Waals surface area contributed by atoms with E-state index in [1.165, 1.54) is 24.3 Å². The second-order valence-electron chi connectivity index (χ2n) is 5.28. The fourth-order valence-electron chi connectivity index (χ4n) is 2.11. The third-order valence-electron chi connectivity index (χ3n) is 3.34. The number of aliphatic hydroxyl groups excluding tert-OH is 1. The van der Waals surface area contributed by atoms with Gasteiger partial charge in [0.2, 0.25) is 5.89 Å². The Hall–Kier alpha value is -2.45. The molecular weight excluding hydrogens is 395 g/mol. The Bertz CT molecular complexity index is 890. The van der Waals surface area contributed by atoms with E-state index in [9.17, 15) is 14.3 Å². The van der Waals surface area contributed by atoms with Crippen molar-refractivity contribution in [1.82, 2.24) is 9.78 Å². The molecule has 1 N–H and O–H groups in total. The predicted molar refractivity (Wildman–Crippen MR) is 91.8 cm³/mol. The summed E-state index contributed by atoms with van der Waals surface area (Å²) < 4.78 is 25.4. The molecule has 1 heterocycles. The minimum absolute atomic E-state index is 0.00713. The standard InChI is InChI=1S/C17H14BrFN2O4/c18-12-3-7-15(8-4-12)24-10-14(22)9-21-17(23)25-16(20-21)11-1-5-13(19)6-2-11/h1-8,14,22H,9-10H2/t14-/m0/s1. The average Bonchev–Trinajstić information content (AvgIpc) is 2.95. The lowest BCUT2D eigenvalue weighted by molar-refractivity contribution is 0.0875. The number of hydrogen-bond acceptors (Lipinski definition) is 5. The highest BCUT2D eigenvalue weighted by molar-refractivity contribution is 9.10. The van der Waals surface area contributed by atoms with E-state index in [0.29, 0.717) is 11.3 Å².